The van der Waals surface area contributed by atoms with E-state index in [9.17, 15) is 22.6 Å². The van der Waals surface area contributed by atoms with Crippen LogP contribution in [0.15, 0.2) is 39.6 Å². The molecule has 1 aliphatic heterocycles. The lowest BCUT2D eigenvalue weighted by atomic mass is 10.1. The highest BCUT2D eigenvalue weighted by atomic mass is 35.5. The van der Waals surface area contributed by atoms with Crippen molar-refractivity contribution in [1.29, 1.82) is 0 Å². The second kappa shape index (κ2) is 10.9. The third kappa shape index (κ3) is 7.85. The summed E-state index contributed by atoms with van der Waals surface area (Å²) >= 11 is 6.25. The van der Waals surface area contributed by atoms with Crippen molar-refractivity contribution in [2.45, 2.75) is 63.4 Å². The van der Waals surface area contributed by atoms with Crippen molar-refractivity contribution in [2.24, 2.45) is 4.36 Å². The highest BCUT2D eigenvalue weighted by molar-refractivity contribution is 7.93. The summed E-state index contributed by atoms with van der Waals surface area (Å²) in [6.07, 6.45) is 0.0308. The van der Waals surface area contributed by atoms with E-state index in [0.717, 1.165) is 0 Å². The molecule has 1 aromatic heterocycles. The molecule has 0 bridgehead atoms. The molecule has 1 saturated heterocycles. The molecule has 2 amide bonds. The summed E-state index contributed by atoms with van der Waals surface area (Å²) in [4.78, 5) is 31.7. The normalized spacial score (nSPS) is 17.4. The van der Waals surface area contributed by atoms with Crippen molar-refractivity contribution in [3.8, 4) is 0 Å². The fourth-order valence-corrected chi connectivity index (χ4v) is 4.99. The lowest BCUT2D eigenvalue weighted by Crippen LogP contribution is -2.29. The van der Waals surface area contributed by atoms with Crippen LogP contribution in [0.1, 0.15) is 56.1 Å². The Balaban J connectivity index is 1.89. The lowest BCUT2D eigenvalue weighted by molar-refractivity contribution is -0.0102. The highest BCUT2D eigenvalue weighted by Crippen LogP contribution is 2.32. The fraction of sp³-hybridized carbons (Fsp3) is 0.480. The molecule has 12 heteroatoms. The maximum atomic E-state index is 13.9. The molecule has 3 rings (SSSR count). The minimum Gasteiger partial charge on any atom is -0.442 e. The van der Waals surface area contributed by atoms with Gasteiger partial charge in [0.2, 0.25) is 5.92 Å². The summed E-state index contributed by atoms with van der Waals surface area (Å²) in [7, 11) is -3.17. The smallest absolute Gasteiger partial charge is 0.442 e. The number of carbonyl (C=O) groups excluding carboxylic acids is 2. The van der Waals surface area contributed by atoms with Crippen LogP contribution in [0, 0.1) is 6.92 Å². The molecule has 37 heavy (non-hydrogen) atoms. The van der Waals surface area contributed by atoms with Crippen LogP contribution in [0.25, 0.3) is 0 Å². The average Bonchev–Trinajstić information content (AvgIpc) is 2.94. The van der Waals surface area contributed by atoms with E-state index >= 15 is 0 Å². The molecule has 0 aliphatic carbocycles. The van der Waals surface area contributed by atoms with E-state index in [1.807, 2.05) is 0 Å². The molecule has 1 atom stereocenters. The molecule has 2 aromatic rings. The highest BCUT2D eigenvalue weighted by Gasteiger charge is 2.33. The molecule has 0 unspecified atom stereocenters. The van der Waals surface area contributed by atoms with Gasteiger partial charge in [0.1, 0.15) is 11.4 Å². The van der Waals surface area contributed by atoms with Crippen LogP contribution in [0.2, 0.25) is 5.02 Å². The van der Waals surface area contributed by atoms with E-state index in [4.69, 9.17) is 16.3 Å². The van der Waals surface area contributed by atoms with Crippen LogP contribution < -0.4 is 10.2 Å². The molecule has 202 valence electrons. The van der Waals surface area contributed by atoms with Crippen LogP contribution in [-0.4, -0.2) is 52.1 Å². The van der Waals surface area contributed by atoms with Crippen molar-refractivity contribution in [1.82, 2.24) is 4.98 Å². The fourth-order valence-electron chi connectivity index (χ4n) is 3.74. The lowest BCUT2D eigenvalue weighted by Gasteiger charge is -2.24. The number of nitrogens with zero attached hydrogens (tertiary/aromatic N) is 3. The van der Waals surface area contributed by atoms with Crippen LogP contribution in [0.3, 0.4) is 0 Å². The number of aryl methyl sites for hydroxylation is 1. The van der Waals surface area contributed by atoms with Gasteiger partial charge in [-0.1, -0.05) is 17.7 Å². The Morgan fingerprint density at radius 3 is 2.59 bits per heavy atom. The van der Waals surface area contributed by atoms with Gasteiger partial charge < -0.3 is 15.0 Å². The number of nitrogens with one attached hydrogen (secondary N) is 1. The molecular formula is C25H31ClF2N4O4S. The summed E-state index contributed by atoms with van der Waals surface area (Å²) in [6.45, 7) is 7.06. The Morgan fingerprint density at radius 1 is 1.22 bits per heavy atom. The van der Waals surface area contributed by atoms with E-state index in [1.54, 1.807) is 44.7 Å². The monoisotopic (exact) mass is 556 g/mol. The van der Waals surface area contributed by atoms with Crippen molar-refractivity contribution >= 4 is 44.8 Å². The van der Waals surface area contributed by atoms with Crippen LogP contribution in [-0.2, 0) is 14.5 Å². The molecule has 1 fully saturated rings. The Hall–Kier alpha value is -2.79. The standard InChI is InChI=1S/C25H31ClF2N4O4S/c1-16-20(26)15-19(21(29-16)32-12-7-10-25(27,28)11-13-32)22(33)30-17-8-6-9-18(14-17)37(5,35)31-23(34)36-24(2,3)4/h6,8-9,14-15H,7,10-13H2,1-5H3,(H,30,33)/t37-/m0/s1. The third-order valence-corrected chi connectivity index (χ3v) is 7.57. The van der Waals surface area contributed by atoms with Crippen molar-refractivity contribution in [3.05, 3.63) is 46.6 Å². The number of benzene rings is 1. The quantitative estimate of drug-likeness (QED) is 0.473. The number of aromatic nitrogens is 1. The molecule has 0 saturated carbocycles. The van der Waals surface area contributed by atoms with Crippen molar-refractivity contribution in [3.63, 3.8) is 0 Å². The van der Waals surface area contributed by atoms with E-state index in [1.165, 1.54) is 24.5 Å². The summed E-state index contributed by atoms with van der Waals surface area (Å²) in [5.74, 6) is -3.06. The number of ether oxygens (including phenoxy) is 1. The molecule has 1 N–H and O–H groups in total. The van der Waals surface area contributed by atoms with Gasteiger partial charge in [0.25, 0.3) is 5.91 Å². The van der Waals surface area contributed by atoms with Crippen molar-refractivity contribution < 1.29 is 27.3 Å². The largest absolute Gasteiger partial charge is 0.442 e. The molecule has 0 spiro atoms. The van der Waals surface area contributed by atoms with Gasteiger partial charge in [-0.25, -0.2) is 22.8 Å². The van der Waals surface area contributed by atoms with Gasteiger partial charge in [0, 0.05) is 42.8 Å². The van der Waals surface area contributed by atoms with Gasteiger partial charge in [0.05, 0.1) is 26.0 Å². The first-order chi connectivity index (χ1) is 17.1. The molecule has 1 aliphatic rings. The number of amides is 2. The average molecular weight is 557 g/mol. The maximum absolute atomic E-state index is 13.9. The van der Waals surface area contributed by atoms with Gasteiger partial charge in [-0.2, -0.15) is 0 Å². The van der Waals surface area contributed by atoms with Gasteiger partial charge in [0.15, 0.2) is 0 Å². The minimum atomic E-state index is -3.17. The number of halogens is 3. The topological polar surface area (TPSA) is 101 Å². The first kappa shape index (κ1) is 28.8. The number of alkyl halides is 2. The molecule has 1 aromatic carbocycles. The third-order valence-electron chi connectivity index (χ3n) is 5.56. The summed E-state index contributed by atoms with van der Waals surface area (Å²) in [5, 5.41) is 2.98. The molecule has 2 heterocycles. The number of rotatable bonds is 4. The van der Waals surface area contributed by atoms with E-state index in [0.29, 0.717) is 17.9 Å². The predicted octanol–water partition coefficient (Wildman–Crippen LogP) is 6.31. The summed E-state index contributed by atoms with van der Waals surface area (Å²) in [5.41, 5.74) is 0.0973. The zero-order chi connectivity index (χ0) is 27.6. The number of carbonyl (C=O) groups is 2. The Bertz CT molecular complexity index is 1320. The maximum Gasteiger partial charge on any atom is 0.442 e. The Labute approximate surface area is 220 Å². The van der Waals surface area contributed by atoms with Crippen LogP contribution in [0.4, 0.5) is 25.1 Å². The number of pyridine rings is 1. The summed E-state index contributed by atoms with van der Waals surface area (Å²) < 4.78 is 49.9. The van der Waals surface area contributed by atoms with E-state index in [-0.39, 0.29) is 47.1 Å². The number of hydrogen-bond donors (Lipinski definition) is 1. The number of hydrogen-bond acceptors (Lipinski definition) is 6. The molecule has 0 radical (unpaired) electrons. The number of anilines is 2. The van der Waals surface area contributed by atoms with Crippen molar-refractivity contribution in [2.75, 3.05) is 29.6 Å². The Morgan fingerprint density at radius 2 is 1.92 bits per heavy atom. The minimum absolute atomic E-state index is 0.0426. The SMILES string of the molecule is Cc1nc(N2CCCC(F)(F)CC2)c(C(=O)Nc2cccc([S@](C)(=O)=NC(=O)OC(C)(C)C)c2)cc1Cl. The van der Waals surface area contributed by atoms with Gasteiger partial charge in [-0.05, 0) is 58.4 Å². The second-order valence-corrected chi connectivity index (χ2v) is 12.6. The van der Waals surface area contributed by atoms with Crippen LogP contribution in [0.5, 0.6) is 0 Å². The second-order valence-electron chi connectivity index (χ2n) is 9.98. The first-order valence-electron chi connectivity index (χ1n) is 11.7. The molecular weight excluding hydrogens is 526 g/mol. The van der Waals surface area contributed by atoms with Gasteiger partial charge in [-0.3, -0.25) is 4.79 Å². The molecule has 8 nitrogen and oxygen atoms in total. The Kier molecular flexibility index (Phi) is 8.48. The van der Waals surface area contributed by atoms with Gasteiger partial charge >= 0.3 is 6.09 Å². The van der Waals surface area contributed by atoms with Crippen LogP contribution >= 0.6 is 11.6 Å². The van der Waals surface area contributed by atoms with E-state index < -0.39 is 33.3 Å². The predicted molar refractivity (Wildman–Crippen MR) is 140 cm³/mol. The summed E-state index contributed by atoms with van der Waals surface area (Å²) in [6, 6.07) is 7.58. The van der Waals surface area contributed by atoms with Gasteiger partial charge in [-0.15, -0.1) is 4.36 Å². The zero-order valence-corrected chi connectivity index (χ0v) is 23.0. The zero-order valence-electron chi connectivity index (χ0n) is 21.4. The van der Waals surface area contributed by atoms with E-state index in [2.05, 4.69) is 14.7 Å². The first-order valence-corrected chi connectivity index (χ1v) is 14.0.